The molecule has 16 heavy (non-hydrogen) atoms. The molecule has 0 aliphatic carbocycles. The lowest BCUT2D eigenvalue weighted by Gasteiger charge is -2.26. The van der Waals surface area contributed by atoms with E-state index in [1.54, 1.807) is 0 Å². The Morgan fingerprint density at radius 2 is 2.12 bits per heavy atom. The van der Waals surface area contributed by atoms with Crippen LogP contribution in [0.4, 0.5) is 0 Å². The number of nitrogens with zero attached hydrogens (tertiary/aromatic N) is 1. The van der Waals surface area contributed by atoms with E-state index in [0.29, 0.717) is 12.5 Å². The molecule has 2 atom stereocenters. The summed E-state index contributed by atoms with van der Waals surface area (Å²) in [5.74, 6) is 0.238. The minimum atomic E-state index is 0.000278. The van der Waals surface area contributed by atoms with Gasteiger partial charge in [-0.25, -0.2) is 0 Å². The Morgan fingerprint density at radius 3 is 2.56 bits per heavy atom. The average Bonchev–Trinajstić information content (AvgIpc) is 2.47. The zero-order valence-electron chi connectivity index (χ0n) is 11.1. The van der Waals surface area contributed by atoms with Crippen molar-refractivity contribution in [2.75, 3.05) is 6.54 Å². The summed E-state index contributed by atoms with van der Waals surface area (Å²) >= 11 is 0. The maximum Gasteiger partial charge on any atom is 0.224 e. The van der Waals surface area contributed by atoms with Crippen LogP contribution in [0.2, 0.25) is 0 Å². The zero-order valence-corrected chi connectivity index (χ0v) is 11.1. The summed E-state index contributed by atoms with van der Waals surface area (Å²) in [6.07, 6.45) is 3.68. The van der Waals surface area contributed by atoms with Gasteiger partial charge >= 0.3 is 0 Å². The summed E-state index contributed by atoms with van der Waals surface area (Å²) in [7, 11) is 0. The molecule has 0 aromatic rings. The Kier molecular flexibility index (Phi) is 4.36. The largest absolute Gasteiger partial charge is 0.340 e. The zero-order chi connectivity index (χ0) is 12.3. The molecule has 2 unspecified atom stereocenters. The molecule has 0 bridgehead atoms. The fourth-order valence-corrected chi connectivity index (χ4v) is 2.50. The second-order valence-electron chi connectivity index (χ2n) is 6.31. The molecule has 94 valence electrons. The molecule has 1 aliphatic rings. The summed E-state index contributed by atoms with van der Waals surface area (Å²) in [6.45, 7) is 9.53. The van der Waals surface area contributed by atoms with Crippen LogP contribution in [0.15, 0.2) is 0 Å². The van der Waals surface area contributed by atoms with E-state index in [2.05, 4.69) is 27.7 Å². The predicted molar refractivity (Wildman–Crippen MR) is 67.1 cm³/mol. The van der Waals surface area contributed by atoms with Gasteiger partial charge in [0, 0.05) is 25.0 Å². The first kappa shape index (κ1) is 13.5. The molecule has 1 saturated heterocycles. The van der Waals surface area contributed by atoms with Gasteiger partial charge in [0.05, 0.1) is 0 Å². The molecule has 3 nitrogen and oxygen atoms in total. The Labute approximate surface area is 99.4 Å². The van der Waals surface area contributed by atoms with Gasteiger partial charge in [-0.1, -0.05) is 20.8 Å². The second-order valence-corrected chi connectivity index (χ2v) is 6.31. The van der Waals surface area contributed by atoms with Crippen molar-refractivity contribution in [1.29, 1.82) is 0 Å². The summed E-state index contributed by atoms with van der Waals surface area (Å²) in [6, 6.07) is 0.412. The van der Waals surface area contributed by atoms with E-state index in [1.165, 1.54) is 0 Å². The molecule has 1 aliphatic heterocycles. The summed E-state index contributed by atoms with van der Waals surface area (Å²) in [5.41, 5.74) is 6.23. The number of carbonyl (C=O) groups excluding carboxylic acids is 1. The van der Waals surface area contributed by atoms with Crippen molar-refractivity contribution in [3.8, 4) is 0 Å². The number of nitrogens with two attached hydrogens (primary N) is 1. The monoisotopic (exact) mass is 226 g/mol. The van der Waals surface area contributed by atoms with E-state index in [4.69, 9.17) is 5.73 Å². The fraction of sp³-hybridized carbons (Fsp3) is 0.923. The van der Waals surface area contributed by atoms with Crippen molar-refractivity contribution in [1.82, 2.24) is 4.90 Å². The Morgan fingerprint density at radius 1 is 1.50 bits per heavy atom. The third-order valence-electron chi connectivity index (χ3n) is 3.18. The molecular weight excluding hydrogens is 200 g/mol. The lowest BCUT2D eigenvalue weighted by atomic mass is 9.87. The molecule has 3 heteroatoms. The molecule has 1 heterocycles. The number of carbonyl (C=O) groups is 1. The van der Waals surface area contributed by atoms with Crippen molar-refractivity contribution in [2.45, 2.75) is 65.5 Å². The minimum Gasteiger partial charge on any atom is -0.340 e. The number of rotatable bonds is 3. The van der Waals surface area contributed by atoms with Crippen molar-refractivity contribution in [3.63, 3.8) is 0 Å². The summed E-state index contributed by atoms with van der Waals surface area (Å²) in [4.78, 5) is 14.0. The van der Waals surface area contributed by atoms with Crippen LogP contribution in [0, 0.1) is 5.41 Å². The van der Waals surface area contributed by atoms with Crippen LogP contribution in [0.1, 0.15) is 53.4 Å². The minimum absolute atomic E-state index is 0.000278. The lowest BCUT2D eigenvalue weighted by molar-refractivity contribution is -0.132. The molecule has 1 fully saturated rings. The molecule has 1 amide bonds. The SMILES string of the molecule is CC1CCCN1C(=O)CC(N)CC(C)(C)C. The van der Waals surface area contributed by atoms with Crippen molar-refractivity contribution in [2.24, 2.45) is 11.1 Å². The highest BCUT2D eigenvalue weighted by Gasteiger charge is 2.27. The van der Waals surface area contributed by atoms with Gasteiger partial charge in [0.25, 0.3) is 0 Å². The van der Waals surface area contributed by atoms with E-state index < -0.39 is 0 Å². The first-order valence-corrected chi connectivity index (χ1v) is 6.34. The van der Waals surface area contributed by atoms with Gasteiger partial charge in [0.2, 0.25) is 5.91 Å². The Hall–Kier alpha value is -0.570. The van der Waals surface area contributed by atoms with Gasteiger partial charge in [-0.3, -0.25) is 4.79 Å². The van der Waals surface area contributed by atoms with E-state index in [9.17, 15) is 4.79 Å². The van der Waals surface area contributed by atoms with E-state index in [1.807, 2.05) is 4.90 Å². The molecule has 0 aromatic heterocycles. The maximum absolute atomic E-state index is 12.0. The Balaban J connectivity index is 2.39. The van der Waals surface area contributed by atoms with Gasteiger partial charge < -0.3 is 10.6 Å². The molecule has 1 rings (SSSR count). The van der Waals surface area contributed by atoms with Gasteiger partial charge in [-0.05, 0) is 31.6 Å². The van der Waals surface area contributed by atoms with Crippen LogP contribution in [-0.2, 0) is 4.79 Å². The van der Waals surface area contributed by atoms with Gasteiger partial charge in [0.15, 0.2) is 0 Å². The third kappa shape index (κ3) is 4.12. The normalized spacial score (nSPS) is 23.6. The van der Waals surface area contributed by atoms with Crippen LogP contribution in [0.25, 0.3) is 0 Å². The molecule has 0 aromatic carbocycles. The van der Waals surface area contributed by atoms with E-state index in [0.717, 1.165) is 25.8 Å². The second kappa shape index (κ2) is 5.17. The number of amides is 1. The molecular formula is C13H26N2O. The number of hydrogen-bond acceptors (Lipinski definition) is 2. The average molecular weight is 226 g/mol. The standard InChI is InChI=1S/C13H26N2O/c1-10-6-5-7-15(10)12(16)8-11(14)9-13(2,3)4/h10-11H,5-9,14H2,1-4H3. The van der Waals surface area contributed by atoms with Crippen molar-refractivity contribution >= 4 is 5.91 Å². The van der Waals surface area contributed by atoms with Gasteiger partial charge in [-0.2, -0.15) is 0 Å². The summed E-state index contributed by atoms with van der Waals surface area (Å²) < 4.78 is 0. The predicted octanol–water partition coefficient (Wildman–Crippen LogP) is 2.15. The number of likely N-dealkylation sites (tertiary alicyclic amines) is 1. The fourth-order valence-electron chi connectivity index (χ4n) is 2.50. The molecule has 0 spiro atoms. The van der Waals surface area contributed by atoms with Crippen molar-refractivity contribution in [3.05, 3.63) is 0 Å². The first-order valence-electron chi connectivity index (χ1n) is 6.34. The van der Waals surface area contributed by atoms with Crippen LogP contribution in [-0.4, -0.2) is 29.4 Å². The Bertz CT molecular complexity index is 245. The lowest BCUT2D eigenvalue weighted by Crippen LogP contribution is -2.38. The number of hydrogen-bond donors (Lipinski definition) is 1. The van der Waals surface area contributed by atoms with Crippen LogP contribution in [0.3, 0.4) is 0 Å². The topological polar surface area (TPSA) is 46.3 Å². The highest BCUT2D eigenvalue weighted by atomic mass is 16.2. The summed E-state index contributed by atoms with van der Waals surface area (Å²) in [5, 5.41) is 0. The van der Waals surface area contributed by atoms with Gasteiger partial charge in [0.1, 0.15) is 0 Å². The molecule has 2 N–H and O–H groups in total. The van der Waals surface area contributed by atoms with Crippen LogP contribution >= 0.6 is 0 Å². The maximum atomic E-state index is 12.0. The molecule has 0 radical (unpaired) electrons. The van der Waals surface area contributed by atoms with E-state index >= 15 is 0 Å². The van der Waals surface area contributed by atoms with Crippen molar-refractivity contribution < 1.29 is 4.79 Å². The highest BCUT2D eigenvalue weighted by molar-refractivity contribution is 5.77. The molecule has 0 saturated carbocycles. The quantitative estimate of drug-likeness (QED) is 0.801. The highest BCUT2D eigenvalue weighted by Crippen LogP contribution is 2.23. The van der Waals surface area contributed by atoms with Crippen LogP contribution in [0.5, 0.6) is 0 Å². The van der Waals surface area contributed by atoms with E-state index in [-0.39, 0.29) is 17.4 Å². The first-order chi connectivity index (χ1) is 7.29. The van der Waals surface area contributed by atoms with Gasteiger partial charge in [-0.15, -0.1) is 0 Å². The smallest absolute Gasteiger partial charge is 0.224 e. The van der Waals surface area contributed by atoms with Crippen LogP contribution < -0.4 is 5.73 Å². The third-order valence-corrected chi connectivity index (χ3v) is 3.18.